The molecule has 0 unspecified atom stereocenters. The molecule has 0 saturated heterocycles. The normalized spacial score (nSPS) is 10.0. The number of hydrogen-bond donors (Lipinski definition) is 1. The lowest BCUT2D eigenvalue weighted by Gasteiger charge is -2.13. The van der Waals surface area contributed by atoms with Crippen LogP contribution < -0.4 is 5.32 Å². The molecule has 2 rings (SSSR count). The zero-order valence-corrected chi connectivity index (χ0v) is 14.0. The van der Waals surface area contributed by atoms with E-state index < -0.39 is 0 Å². The van der Waals surface area contributed by atoms with E-state index in [1.807, 2.05) is 38.1 Å². The van der Waals surface area contributed by atoms with Gasteiger partial charge in [0.2, 0.25) is 0 Å². The Morgan fingerprint density at radius 2 is 1.76 bits per heavy atom. The van der Waals surface area contributed by atoms with Crippen molar-refractivity contribution in [3.8, 4) is 5.40 Å². The van der Waals surface area contributed by atoms with E-state index in [1.54, 1.807) is 12.1 Å². The fraction of sp³-hybridized carbons (Fsp3) is 0.125. The second-order valence-corrected chi connectivity index (χ2v) is 6.36. The van der Waals surface area contributed by atoms with E-state index in [9.17, 15) is 4.79 Å². The second-order valence-electron chi connectivity index (χ2n) is 4.59. The van der Waals surface area contributed by atoms with Gasteiger partial charge in [-0.15, -0.1) is 0 Å². The molecule has 0 radical (unpaired) electrons. The molecular weight excluding hydrogens is 348 g/mol. The van der Waals surface area contributed by atoms with Gasteiger partial charge in [-0.05, 0) is 73.1 Å². The monoisotopic (exact) mass is 360 g/mol. The number of anilines is 1. The van der Waals surface area contributed by atoms with Gasteiger partial charge in [0.05, 0.1) is 0 Å². The Morgan fingerprint density at radius 1 is 1.19 bits per heavy atom. The molecule has 2 aromatic rings. The van der Waals surface area contributed by atoms with Crippen LogP contribution in [0.2, 0.25) is 0 Å². The molecule has 1 amide bonds. The summed E-state index contributed by atoms with van der Waals surface area (Å²) in [4.78, 5) is 13.1. The number of thiocyanates is 1. The molecule has 0 saturated carbocycles. The molecule has 2 aromatic carbocycles. The van der Waals surface area contributed by atoms with E-state index in [0.29, 0.717) is 5.56 Å². The molecule has 0 aliphatic heterocycles. The summed E-state index contributed by atoms with van der Waals surface area (Å²) in [6.45, 7) is 3.84. The first-order valence-electron chi connectivity index (χ1n) is 6.25. The Morgan fingerprint density at radius 3 is 2.29 bits per heavy atom. The first-order valence-corrected chi connectivity index (χ1v) is 7.86. The molecule has 0 aliphatic carbocycles. The number of hydrogen-bond acceptors (Lipinski definition) is 3. The highest BCUT2D eigenvalue weighted by molar-refractivity contribution is 9.10. The van der Waals surface area contributed by atoms with Crippen LogP contribution in [0.25, 0.3) is 0 Å². The van der Waals surface area contributed by atoms with Crippen molar-refractivity contribution in [2.45, 2.75) is 18.7 Å². The number of carbonyl (C=O) groups excluding carboxylic acids is 1. The van der Waals surface area contributed by atoms with Crippen molar-refractivity contribution < 1.29 is 4.79 Å². The number of aryl methyl sites for hydroxylation is 2. The summed E-state index contributed by atoms with van der Waals surface area (Å²) < 4.78 is 0.935. The molecule has 21 heavy (non-hydrogen) atoms. The molecule has 3 nitrogen and oxygen atoms in total. The van der Waals surface area contributed by atoms with Crippen molar-refractivity contribution in [1.29, 1.82) is 5.26 Å². The Labute approximate surface area is 136 Å². The van der Waals surface area contributed by atoms with Gasteiger partial charge in [0.1, 0.15) is 5.40 Å². The van der Waals surface area contributed by atoms with Crippen molar-refractivity contribution in [3.63, 3.8) is 0 Å². The van der Waals surface area contributed by atoms with Gasteiger partial charge in [-0.2, -0.15) is 5.26 Å². The summed E-state index contributed by atoms with van der Waals surface area (Å²) in [5.74, 6) is -0.144. The Kier molecular flexibility index (Phi) is 5.05. The fourth-order valence-electron chi connectivity index (χ4n) is 2.02. The summed E-state index contributed by atoms with van der Waals surface area (Å²) in [6.07, 6.45) is 0. The minimum absolute atomic E-state index is 0.144. The molecule has 0 bridgehead atoms. The van der Waals surface area contributed by atoms with Gasteiger partial charge in [-0.25, -0.2) is 0 Å². The molecule has 0 aromatic heterocycles. The van der Waals surface area contributed by atoms with E-state index in [0.717, 1.165) is 37.9 Å². The fourth-order valence-corrected chi connectivity index (χ4v) is 2.86. The number of carbonyl (C=O) groups is 1. The van der Waals surface area contributed by atoms with E-state index >= 15 is 0 Å². The Balaban J connectivity index is 2.25. The third-order valence-corrected chi connectivity index (χ3v) is 4.11. The summed E-state index contributed by atoms with van der Waals surface area (Å²) in [7, 11) is 0. The SMILES string of the molecule is Cc1cc(SC#N)cc(C)c1NC(=O)c1ccc(Br)cc1. The van der Waals surface area contributed by atoms with Gasteiger partial charge in [-0.3, -0.25) is 4.79 Å². The van der Waals surface area contributed by atoms with Gasteiger partial charge >= 0.3 is 0 Å². The first-order chi connectivity index (χ1) is 10.0. The molecule has 0 spiro atoms. The van der Waals surface area contributed by atoms with Crippen LogP contribution in [0.5, 0.6) is 0 Å². The van der Waals surface area contributed by atoms with Crippen molar-refractivity contribution in [3.05, 3.63) is 57.6 Å². The van der Waals surface area contributed by atoms with E-state index in [1.165, 1.54) is 0 Å². The predicted octanol–water partition coefficient (Wildman–Crippen LogP) is 4.89. The van der Waals surface area contributed by atoms with Crippen LogP contribution in [0.1, 0.15) is 21.5 Å². The zero-order valence-electron chi connectivity index (χ0n) is 11.6. The molecule has 0 aliphatic rings. The number of nitrogens with zero attached hydrogens (tertiary/aromatic N) is 1. The average molecular weight is 361 g/mol. The van der Waals surface area contributed by atoms with Crippen LogP contribution in [0.4, 0.5) is 5.69 Å². The number of rotatable bonds is 3. The molecule has 0 fully saturated rings. The average Bonchev–Trinajstić information content (AvgIpc) is 2.44. The molecular formula is C16H13BrN2OS. The summed E-state index contributed by atoms with van der Waals surface area (Å²) in [5, 5.41) is 13.7. The smallest absolute Gasteiger partial charge is 0.255 e. The van der Waals surface area contributed by atoms with Crippen LogP contribution in [0, 0.1) is 24.5 Å². The van der Waals surface area contributed by atoms with E-state index in [4.69, 9.17) is 5.26 Å². The third kappa shape index (κ3) is 3.87. The highest BCUT2D eigenvalue weighted by Crippen LogP contribution is 2.28. The van der Waals surface area contributed by atoms with Crippen LogP contribution in [0.3, 0.4) is 0 Å². The van der Waals surface area contributed by atoms with Gasteiger partial charge in [-0.1, -0.05) is 15.9 Å². The van der Waals surface area contributed by atoms with Gasteiger partial charge in [0.15, 0.2) is 0 Å². The number of thioether (sulfide) groups is 1. The Hall–Kier alpha value is -1.77. The number of nitriles is 1. The largest absolute Gasteiger partial charge is 0.322 e. The maximum atomic E-state index is 12.3. The maximum absolute atomic E-state index is 12.3. The van der Waals surface area contributed by atoms with Crippen LogP contribution in [-0.2, 0) is 0 Å². The van der Waals surface area contributed by atoms with Crippen molar-refractivity contribution >= 4 is 39.3 Å². The topological polar surface area (TPSA) is 52.9 Å². The highest BCUT2D eigenvalue weighted by atomic mass is 79.9. The van der Waals surface area contributed by atoms with Crippen LogP contribution in [-0.4, -0.2) is 5.91 Å². The van der Waals surface area contributed by atoms with E-state index in [-0.39, 0.29) is 5.91 Å². The minimum atomic E-state index is -0.144. The molecule has 1 N–H and O–H groups in total. The molecule has 5 heteroatoms. The number of halogens is 1. The Bertz CT molecular complexity index is 697. The summed E-state index contributed by atoms with van der Waals surface area (Å²) >= 11 is 4.46. The first kappa shape index (κ1) is 15.6. The standard InChI is InChI=1S/C16H13BrN2OS/c1-10-7-14(21-9-18)8-11(2)15(10)19-16(20)12-3-5-13(17)6-4-12/h3-8H,1-2H3,(H,19,20). The zero-order chi connectivity index (χ0) is 15.4. The van der Waals surface area contributed by atoms with Gasteiger partial charge in [0.25, 0.3) is 5.91 Å². The van der Waals surface area contributed by atoms with Crippen molar-refractivity contribution in [2.75, 3.05) is 5.32 Å². The highest BCUT2D eigenvalue weighted by Gasteiger charge is 2.11. The van der Waals surface area contributed by atoms with Gasteiger partial charge < -0.3 is 5.32 Å². The maximum Gasteiger partial charge on any atom is 0.255 e. The minimum Gasteiger partial charge on any atom is -0.322 e. The lowest BCUT2D eigenvalue weighted by atomic mass is 10.1. The van der Waals surface area contributed by atoms with Gasteiger partial charge in [0, 0.05) is 20.6 Å². The van der Waals surface area contributed by atoms with E-state index in [2.05, 4.69) is 26.6 Å². The van der Waals surface area contributed by atoms with Crippen LogP contribution >= 0.6 is 27.7 Å². The van der Waals surface area contributed by atoms with Crippen molar-refractivity contribution in [1.82, 2.24) is 0 Å². The number of amides is 1. The lowest BCUT2D eigenvalue weighted by Crippen LogP contribution is -2.13. The molecule has 106 valence electrons. The summed E-state index contributed by atoms with van der Waals surface area (Å²) in [5.41, 5.74) is 3.29. The number of benzene rings is 2. The number of nitrogens with one attached hydrogen (secondary N) is 1. The predicted molar refractivity (Wildman–Crippen MR) is 89.5 cm³/mol. The lowest BCUT2D eigenvalue weighted by molar-refractivity contribution is 0.102. The molecule has 0 heterocycles. The summed E-state index contributed by atoms with van der Waals surface area (Å²) in [6, 6.07) is 11.0. The molecule has 0 atom stereocenters. The van der Waals surface area contributed by atoms with Crippen LogP contribution in [0.15, 0.2) is 45.8 Å². The van der Waals surface area contributed by atoms with Crippen molar-refractivity contribution in [2.24, 2.45) is 0 Å². The quantitative estimate of drug-likeness (QED) is 0.625. The second kappa shape index (κ2) is 6.79. The third-order valence-electron chi connectivity index (χ3n) is 3.01.